The maximum Gasteiger partial charge on any atom is 0.335 e. The number of hydrogen-bond donors (Lipinski definition) is 1. The van der Waals surface area contributed by atoms with Gasteiger partial charge in [0, 0.05) is 12.5 Å². The molecule has 0 saturated heterocycles. The minimum atomic E-state index is -0.355. The van der Waals surface area contributed by atoms with Gasteiger partial charge in [-0.1, -0.05) is 6.92 Å². The average Bonchev–Trinajstić information content (AvgIpc) is 2.09. The lowest BCUT2D eigenvalue weighted by molar-refractivity contribution is 0.169. The first-order valence-electron chi connectivity index (χ1n) is 4.41. The van der Waals surface area contributed by atoms with Gasteiger partial charge in [-0.3, -0.25) is 0 Å². The lowest BCUT2D eigenvalue weighted by Gasteiger charge is -2.08. The summed E-state index contributed by atoms with van der Waals surface area (Å²) in [7, 11) is 0. The van der Waals surface area contributed by atoms with Gasteiger partial charge < -0.3 is 9.52 Å². The Morgan fingerprint density at radius 2 is 2.23 bits per heavy atom. The lowest BCUT2D eigenvalue weighted by Crippen LogP contribution is -2.11. The third-order valence-electron chi connectivity index (χ3n) is 2.05. The highest BCUT2D eigenvalue weighted by Crippen LogP contribution is 2.08. The molecule has 0 amide bonds. The van der Waals surface area contributed by atoms with Crippen LogP contribution in [0.4, 0.5) is 0 Å². The fourth-order valence-electron chi connectivity index (χ4n) is 1.15. The molecule has 0 aromatic carbocycles. The second kappa shape index (κ2) is 4.23. The SMILES string of the molecule is CCC(O)Cc1ccc(=O)oc1C. The van der Waals surface area contributed by atoms with Crippen molar-refractivity contribution in [2.45, 2.75) is 32.8 Å². The van der Waals surface area contributed by atoms with E-state index in [4.69, 9.17) is 4.42 Å². The molecule has 0 bridgehead atoms. The van der Waals surface area contributed by atoms with Gasteiger partial charge in [0.2, 0.25) is 0 Å². The van der Waals surface area contributed by atoms with E-state index in [-0.39, 0.29) is 11.7 Å². The Labute approximate surface area is 77.0 Å². The molecule has 1 unspecified atom stereocenters. The predicted molar refractivity (Wildman–Crippen MR) is 49.7 cm³/mol. The van der Waals surface area contributed by atoms with Crippen molar-refractivity contribution in [2.24, 2.45) is 0 Å². The van der Waals surface area contributed by atoms with Crippen LogP contribution < -0.4 is 5.63 Å². The van der Waals surface area contributed by atoms with E-state index in [1.807, 2.05) is 6.92 Å². The molecule has 1 aromatic heterocycles. The number of hydrogen-bond acceptors (Lipinski definition) is 3. The average molecular weight is 182 g/mol. The Morgan fingerprint density at radius 1 is 1.54 bits per heavy atom. The van der Waals surface area contributed by atoms with Crippen molar-refractivity contribution in [3.63, 3.8) is 0 Å². The molecule has 1 heterocycles. The van der Waals surface area contributed by atoms with Gasteiger partial charge in [-0.15, -0.1) is 0 Å². The van der Waals surface area contributed by atoms with Crippen LogP contribution in [0.5, 0.6) is 0 Å². The van der Waals surface area contributed by atoms with Gasteiger partial charge >= 0.3 is 5.63 Å². The molecule has 72 valence electrons. The fourth-order valence-corrected chi connectivity index (χ4v) is 1.15. The van der Waals surface area contributed by atoms with E-state index in [0.717, 1.165) is 5.56 Å². The Morgan fingerprint density at radius 3 is 2.77 bits per heavy atom. The van der Waals surface area contributed by atoms with E-state index in [0.29, 0.717) is 18.6 Å². The predicted octanol–water partition coefficient (Wildman–Crippen LogP) is 1.26. The molecule has 0 spiro atoms. The van der Waals surface area contributed by atoms with E-state index in [1.165, 1.54) is 6.07 Å². The summed E-state index contributed by atoms with van der Waals surface area (Å²) in [4.78, 5) is 10.8. The number of aliphatic hydroxyl groups excluding tert-OH is 1. The summed E-state index contributed by atoms with van der Waals surface area (Å²) in [5.41, 5.74) is 0.557. The normalized spacial score (nSPS) is 12.8. The zero-order valence-electron chi connectivity index (χ0n) is 7.91. The van der Waals surface area contributed by atoms with Crippen LogP contribution in [0.15, 0.2) is 21.3 Å². The van der Waals surface area contributed by atoms with Gasteiger partial charge in [0.15, 0.2) is 0 Å². The molecule has 3 heteroatoms. The molecule has 0 fully saturated rings. The Balaban J connectivity index is 2.83. The van der Waals surface area contributed by atoms with Gasteiger partial charge in [0.05, 0.1) is 6.10 Å². The summed E-state index contributed by atoms with van der Waals surface area (Å²) in [5.74, 6) is 0.597. The number of aryl methyl sites for hydroxylation is 1. The van der Waals surface area contributed by atoms with Crippen molar-refractivity contribution in [1.29, 1.82) is 0 Å². The van der Waals surface area contributed by atoms with Crippen molar-refractivity contribution >= 4 is 0 Å². The lowest BCUT2D eigenvalue weighted by atomic mass is 10.1. The van der Waals surface area contributed by atoms with E-state index in [1.54, 1.807) is 13.0 Å². The maximum atomic E-state index is 10.8. The van der Waals surface area contributed by atoms with Crippen molar-refractivity contribution in [1.82, 2.24) is 0 Å². The summed E-state index contributed by atoms with van der Waals surface area (Å²) in [5, 5.41) is 9.39. The summed E-state index contributed by atoms with van der Waals surface area (Å²) in [6, 6.07) is 3.09. The number of rotatable bonds is 3. The topological polar surface area (TPSA) is 50.4 Å². The number of aliphatic hydroxyl groups is 1. The summed E-state index contributed by atoms with van der Waals surface area (Å²) >= 11 is 0. The molecule has 1 aromatic rings. The zero-order valence-corrected chi connectivity index (χ0v) is 7.91. The largest absolute Gasteiger partial charge is 0.428 e. The minimum absolute atomic E-state index is 0.341. The zero-order chi connectivity index (χ0) is 9.84. The summed E-state index contributed by atoms with van der Waals surface area (Å²) in [6.45, 7) is 3.65. The first kappa shape index (κ1) is 9.99. The van der Waals surface area contributed by atoms with Gasteiger partial charge in [-0.05, 0) is 25.0 Å². The van der Waals surface area contributed by atoms with Gasteiger partial charge in [-0.25, -0.2) is 4.79 Å². The van der Waals surface area contributed by atoms with Gasteiger partial charge in [0.1, 0.15) is 5.76 Å². The van der Waals surface area contributed by atoms with Crippen molar-refractivity contribution in [2.75, 3.05) is 0 Å². The first-order chi connectivity index (χ1) is 6.13. The highest BCUT2D eigenvalue weighted by molar-refractivity contribution is 5.16. The summed E-state index contributed by atoms with van der Waals surface area (Å²) in [6.07, 6.45) is 0.899. The van der Waals surface area contributed by atoms with Gasteiger partial charge in [-0.2, -0.15) is 0 Å². The molecule has 13 heavy (non-hydrogen) atoms. The smallest absolute Gasteiger partial charge is 0.335 e. The van der Waals surface area contributed by atoms with E-state index in [9.17, 15) is 9.90 Å². The fraction of sp³-hybridized carbons (Fsp3) is 0.500. The molecule has 0 radical (unpaired) electrons. The molecule has 0 saturated carbocycles. The Bertz CT molecular complexity index is 327. The molecule has 0 aliphatic heterocycles. The molecular weight excluding hydrogens is 168 g/mol. The third kappa shape index (κ3) is 2.70. The third-order valence-corrected chi connectivity index (χ3v) is 2.05. The Kier molecular flexibility index (Phi) is 3.25. The summed E-state index contributed by atoms with van der Waals surface area (Å²) < 4.78 is 4.89. The van der Waals surface area contributed by atoms with Crippen molar-refractivity contribution < 1.29 is 9.52 Å². The van der Waals surface area contributed by atoms with Crippen LogP contribution >= 0.6 is 0 Å². The van der Waals surface area contributed by atoms with Crippen molar-refractivity contribution in [3.8, 4) is 0 Å². The van der Waals surface area contributed by atoms with E-state index in [2.05, 4.69) is 0 Å². The van der Waals surface area contributed by atoms with Crippen LogP contribution in [0.2, 0.25) is 0 Å². The second-order valence-corrected chi connectivity index (χ2v) is 3.10. The van der Waals surface area contributed by atoms with Crippen LogP contribution in [-0.4, -0.2) is 11.2 Å². The van der Waals surface area contributed by atoms with Crippen LogP contribution in [-0.2, 0) is 6.42 Å². The van der Waals surface area contributed by atoms with Gasteiger partial charge in [0.25, 0.3) is 0 Å². The van der Waals surface area contributed by atoms with Crippen LogP contribution in [0.3, 0.4) is 0 Å². The quantitative estimate of drug-likeness (QED) is 0.765. The molecular formula is C10H14O3. The molecule has 1 N–H and O–H groups in total. The first-order valence-corrected chi connectivity index (χ1v) is 4.41. The van der Waals surface area contributed by atoms with E-state index >= 15 is 0 Å². The highest BCUT2D eigenvalue weighted by Gasteiger charge is 2.06. The molecule has 0 aliphatic carbocycles. The molecule has 0 aliphatic rings. The van der Waals surface area contributed by atoms with Crippen molar-refractivity contribution in [3.05, 3.63) is 33.9 Å². The second-order valence-electron chi connectivity index (χ2n) is 3.10. The van der Waals surface area contributed by atoms with Crippen LogP contribution in [0.1, 0.15) is 24.7 Å². The monoisotopic (exact) mass is 182 g/mol. The van der Waals surface area contributed by atoms with Crippen LogP contribution in [0.25, 0.3) is 0 Å². The molecule has 3 nitrogen and oxygen atoms in total. The molecule has 1 rings (SSSR count). The van der Waals surface area contributed by atoms with E-state index < -0.39 is 0 Å². The Hall–Kier alpha value is -1.09. The van der Waals surface area contributed by atoms with Crippen LogP contribution in [0, 0.1) is 6.92 Å². The maximum absolute atomic E-state index is 10.8. The standard InChI is InChI=1S/C10H14O3/c1-3-9(11)6-8-4-5-10(12)13-7(8)2/h4-5,9,11H,3,6H2,1-2H3. The highest BCUT2D eigenvalue weighted by atomic mass is 16.4. The molecule has 1 atom stereocenters. The minimum Gasteiger partial charge on any atom is -0.428 e.